The Labute approximate surface area is 169 Å². The first-order valence-corrected chi connectivity index (χ1v) is 9.21. The van der Waals surface area contributed by atoms with Gasteiger partial charge in [0.25, 0.3) is 0 Å². The molecular weight excluding hydrogens is 407 g/mol. The summed E-state index contributed by atoms with van der Waals surface area (Å²) >= 11 is 6.04. The number of nitrogens with zero attached hydrogens (tertiary/aromatic N) is 2. The third kappa shape index (κ3) is 5.17. The molecule has 1 amide bonds. The van der Waals surface area contributed by atoms with Gasteiger partial charge in [0.1, 0.15) is 18.2 Å². The molecule has 0 aliphatic carbocycles. The van der Waals surface area contributed by atoms with Crippen LogP contribution in [0.1, 0.15) is 13.8 Å². The van der Waals surface area contributed by atoms with Crippen LogP contribution in [0.4, 0.5) is 18.9 Å². The number of carbonyl (C=O) groups is 1. The van der Waals surface area contributed by atoms with E-state index in [1.807, 2.05) is 5.32 Å². The molecule has 1 unspecified atom stereocenters. The van der Waals surface area contributed by atoms with E-state index in [1.54, 1.807) is 38.4 Å². The van der Waals surface area contributed by atoms with Crippen molar-refractivity contribution in [2.75, 3.05) is 11.9 Å². The van der Waals surface area contributed by atoms with E-state index >= 15 is 0 Å². The maximum Gasteiger partial charge on any atom is 0.405 e. The molecule has 0 saturated heterocycles. The fourth-order valence-electron chi connectivity index (χ4n) is 2.89. The lowest BCUT2D eigenvalue weighted by Crippen LogP contribution is -2.46. The molecule has 0 spiro atoms. The number of H-pyrrole nitrogens is 1. The SMILES string of the molecule is CC(C)C(Nc1cncc(-c2c[nH]c3ncc(Cl)cc23)c1)C(=O)NCC(F)(F)F. The van der Waals surface area contributed by atoms with E-state index < -0.39 is 24.7 Å². The van der Waals surface area contributed by atoms with E-state index in [1.165, 1.54) is 12.4 Å². The van der Waals surface area contributed by atoms with E-state index in [0.29, 0.717) is 16.4 Å². The zero-order valence-electron chi connectivity index (χ0n) is 15.6. The molecule has 154 valence electrons. The lowest BCUT2D eigenvalue weighted by Gasteiger charge is -2.23. The third-order valence-corrected chi connectivity index (χ3v) is 4.49. The molecule has 0 saturated carbocycles. The zero-order valence-corrected chi connectivity index (χ0v) is 16.4. The van der Waals surface area contributed by atoms with Crippen LogP contribution < -0.4 is 10.6 Å². The molecule has 0 aromatic carbocycles. The standard InChI is InChI=1S/C19H19ClF3N5O/c1-10(2)16(18(29)27-9-19(21,22)23)28-13-3-11(5-24-7-13)15-8-26-17-14(15)4-12(20)6-25-17/h3-8,10,16,28H,9H2,1-2H3,(H,25,26)(H,27,29). The predicted octanol–water partition coefficient (Wildman–Crippen LogP) is 4.39. The van der Waals surface area contributed by atoms with Crippen molar-refractivity contribution in [3.63, 3.8) is 0 Å². The first-order chi connectivity index (χ1) is 13.6. The van der Waals surface area contributed by atoms with Gasteiger partial charge in [-0.05, 0) is 18.1 Å². The van der Waals surface area contributed by atoms with Crippen molar-refractivity contribution in [3.05, 3.63) is 41.9 Å². The molecule has 3 aromatic heterocycles. The van der Waals surface area contributed by atoms with Crippen LogP contribution in [0.3, 0.4) is 0 Å². The van der Waals surface area contributed by atoms with Crippen LogP contribution in [0.25, 0.3) is 22.2 Å². The van der Waals surface area contributed by atoms with Gasteiger partial charge >= 0.3 is 6.18 Å². The number of fused-ring (bicyclic) bond motifs is 1. The highest BCUT2D eigenvalue weighted by Gasteiger charge is 2.30. The minimum atomic E-state index is -4.47. The number of alkyl halides is 3. The molecular formula is C19H19ClF3N5O. The predicted molar refractivity (Wildman–Crippen MR) is 106 cm³/mol. The first-order valence-electron chi connectivity index (χ1n) is 8.83. The number of anilines is 1. The van der Waals surface area contributed by atoms with E-state index in [9.17, 15) is 18.0 Å². The number of hydrogen-bond acceptors (Lipinski definition) is 4. The molecule has 0 aliphatic rings. The van der Waals surface area contributed by atoms with Gasteiger partial charge in [-0.15, -0.1) is 0 Å². The number of nitrogens with one attached hydrogen (secondary N) is 3. The minimum Gasteiger partial charge on any atom is -0.372 e. The van der Waals surface area contributed by atoms with Gasteiger partial charge in [0.05, 0.1) is 10.7 Å². The summed E-state index contributed by atoms with van der Waals surface area (Å²) in [6.45, 7) is 2.11. The molecule has 3 N–H and O–H groups in total. The summed E-state index contributed by atoms with van der Waals surface area (Å²) in [7, 11) is 0. The average molecular weight is 426 g/mol. The molecule has 0 radical (unpaired) electrons. The lowest BCUT2D eigenvalue weighted by molar-refractivity contribution is -0.139. The van der Waals surface area contributed by atoms with Crippen LogP contribution in [0, 0.1) is 5.92 Å². The van der Waals surface area contributed by atoms with Gasteiger partial charge in [-0.2, -0.15) is 13.2 Å². The Morgan fingerprint density at radius 1 is 1.24 bits per heavy atom. The maximum absolute atomic E-state index is 12.4. The highest BCUT2D eigenvalue weighted by molar-refractivity contribution is 6.31. The fourth-order valence-corrected chi connectivity index (χ4v) is 3.05. The topological polar surface area (TPSA) is 82.7 Å². The number of aromatic amines is 1. The molecule has 10 heteroatoms. The highest BCUT2D eigenvalue weighted by atomic mass is 35.5. The van der Waals surface area contributed by atoms with Crippen LogP contribution in [0.15, 0.2) is 36.9 Å². The molecule has 0 bridgehead atoms. The highest BCUT2D eigenvalue weighted by Crippen LogP contribution is 2.30. The largest absolute Gasteiger partial charge is 0.405 e. The van der Waals surface area contributed by atoms with Crippen molar-refractivity contribution < 1.29 is 18.0 Å². The van der Waals surface area contributed by atoms with E-state index in [0.717, 1.165) is 16.5 Å². The second-order valence-corrected chi connectivity index (χ2v) is 7.35. The molecule has 1 atom stereocenters. The van der Waals surface area contributed by atoms with Gasteiger partial charge in [0, 0.05) is 41.3 Å². The normalized spacial score (nSPS) is 12.9. The Morgan fingerprint density at radius 3 is 2.69 bits per heavy atom. The summed E-state index contributed by atoms with van der Waals surface area (Å²) < 4.78 is 37.2. The van der Waals surface area contributed by atoms with Gasteiger partial charge in [0.15, 0.2) is 0 Å². The maximum atomic E-state index is 12.4. The van der Waals surface area contributed by atoms with Gasteiger partial charge < -0.3 is 15.6 Å². The number of carbonyl (C=O) groups excluding carboxylic acids is 1. The van der Waals surface area contributed by atoms with Crippen molar-refractivity contribution in [2.24, 2.45) is 5.92 Å². The molecule has 0 aliphatic heterocycles. The van der Waals surface area contributed by atoms with Gasteiger partial charge in [-0.1, -0.05) is 25.4 Å². The number of hydrogen-bond donors (Lipinski definition) is 3. The number of aromatic nitrogens is 3. The summed E-state index contributed by atoms with van der Waals surface area (Å²) in [5, 5.41) is 6.20. The van der Waals surface area contributed by atoms with Gasteiger partial charge in [-0.3, -0.25) is 9.78 Å². The van der Waals surface area contributed by atoms with Gasteiger partial charge in [-0.25, -0.2) is 4.98 Å². The first kappa shape index (κ1) is 20.9. The van der Waals surface area contributed by atoms with Crippen molar-refractivity contribution >= 4 is 34.2 Å². The number of amides is 1. The Balaban J connectivity index is 1.84. The van der Waals surface area contributed by atoms with E-state index in [-0.39, 0.29) is 5.92 Å². The quantitative estimate of drug-likeness (QED) is 0.547. The summed E-state index contributed by atoms with van der Waals surface area (Å²) in [5.41, 5.74) is 2.72. The molecule has 6 nitrogen and oxygen atoms in total. The average Bonchev–Trinajstić information content (AvgIpc) is 3.06. The second kappa shape index (κ2) is 8.28. The monoisotopic (exact) mass is 425 g/mol. The Kier molecular flexibility index (Phi) is 5.97. The minimum absolute atomic E-state index is 0.247. The zero-order chi connectivity index (χ0) is 21.2. The van der Waals surface area contributed by atoms with Gasteiger partial charge in [0.2, 0.25) is 5.91 Å². The van der Waals surface area contributed by atoms with Crippen molar-refractivity contribution in [1.29, 1.82) is 0 Å². The van der Waals surface area contributed by atoms with Crippen molar-refractivity contribution in [3.8, 4) is 11.1 Å². The Bertz CT molecular complexity index is 1020. The number of halogens is 4. The summed E-state index contributed by atoms with van der Waals surface area (Å²) in [5.74, 6) is -0.978. The fraction of sp³-hybridized carbons (Fsp3) is 0.316. The Morgan fingerprint density at radius 2 is 2.00 bits per heavy atom. The molecule has 3 aromatic rings. The second-order valence-electron chi connectivity index (χ2n) is 6.91. The van der Waals surface area contributed by atoms with Crippen LogP contribution in [0.2, 0.25) is 5.02 Å². The molecule has 3 heterocycles. The third-order valence-electron chi connectivity index (χ3n) is 4.28. The molecule has 3 rings (SSSR count). The van der Waals surface area contributed by atoms with E-state index in [2.05, 4.69) is 20.3 Å². The molecule has 29 heavy (non-hydrogen) atoms. The van der Waals surface area contributed by atoms with Crippen LogP contribution in [0.5, 0.6) is 0 Å². The smallest absolute Gasteiger partial charge is 0.372 e. The Hall–Kier alpha value is -2.81. The van der Waals surface area contributed by atoms with Crippen molar-refractivity contribution in [2.45, 2.75) is 26.1 Å². The summed E-state index contributed by atoms with van der Waals surface area (Å²) in [4.78, 5) is 23.7. The van der Waals surface area contributed by atoms with Crippen LogP contribution >= 0.6 is 11.6 Å². The summed E-state index contributed by atoms with van der Waals surface area (Å²) in [6, 6.07) is 2.69. The van der Waals surface area contributed by atoms with Crippen LogP contribution in [-0.4, -0.2) is 39.6 Å². The number of rotatable bonds is 6. The summed E-state index contributed by atoms with van der Waals surface area (Å²) in [6.07, 6.45) is 1.99. The van der Waals surface area contributed by atoms with Crippen LogP contribution in [-0.2, 0) is 4.79 Å². The van der Waals surface area contributed by atoms with Crippen molar-refractivity contribution in [1.82, 2.24) is 20.3 Å². The number of pyridine rings is 2. The van der Waals surface area contributed by atoms with E-state index in [4.69, 9.17) is 11.6 Å². The lowest BCUT2D eigenvalue weighted by atomic mass is 10.0. The molecule has 0 fully saturated rings.